The van der Waals surface area contributed by atoms with Crippen LogP contribution >= 0.6 is 0 Å². The predicted molar refractivity (Wildman–Crippen MR) is 263 cm³/mol. The highest BCUT2D eigenvalue weighted by Gasteiger charge is 2.53. The number of ether oxygens (including phenoxy) is 3. The molecule has 5 aromatic carbocycles. The van der Waals surface area contributed by atoms with Gasteiger partial charge >= 0.3 is 12.2 Å². The first-order valence-corrected chi connectivity index (χ1v) is 25.0. The highest BCUT2D eigenvalue weighted by Crippen LogP contribution is 2.54. The number of rotatable bonds is 13. The zero-order valence-electron chi connectivity index (χ0n) is 39.1. The lowest BCUT2D eigenvalue weighted by molar-refractivity contribution is 0.0314. The molecule has 0 radical (unpaired) electrons. The van der Waals surface area contributed by atoms with Crippen molar-refractivity contribution >= 4 is 35.4 Å². The molecule has 12 heteroatoms. The number of nitrogens with zero attached hydrogens (tertiary/aromatic N) is 4. The van der Waals surface area contributed by atoms with Crippen LogP contribution in [0.15, 0.2) is 140 Å². The van der Waals surface area contributed by atoms with Crippen LogP contribution in [0.5, 0.6) is 0 Å². The molecule has 6 atom stereocenters. The topological polar surface area (TPSA) is 129 Å². The van der Waals surface area contributed by atoms with E-state index >= 15 is 0 Å². The van der Waals surface area contributed by atoms with Crippen LogP contribution in [0.4, 0.5) is 21.0 Å². The molecule has 0 saturated heterocycles. The number of carbonyl (C=O) groups is 4. The van der Waals surface area contributed by atoms with Crippen LogP contribution in [0.1, 0.15) is 114 Å². The molecule has 4 amide bonds. The van der Waals surface area contributed by atoms with Gasteiger partial charge in [-0.2, -0.15) is 0 Å². The van der Waals surface area contributed by atoms with Gasteiger partial charge in [-0.15, -0.1) is 0 Å². The van der Waals surface area contributed by atoms with Crippen molar-refractivity contribution in [1.82, 2.24) is 9.80 Å². The molecule has 1 N–H and O–H groups in total. The van der Waals surface area contributed by atoms with Crippen LogP contribution in [0.25, 0.3) is 0 Å². The lowest BCUT2D eigenvalue weighted by atomic mass is 9.81. The fraction of sp³-hybridized carbons (Fsp3) is 0.404. The number of benzene rings is 5. The maximum absolute atomic E-state index is 13.8. The molecule has 4 saturated carbocycles. The molecule has 6 aliphatic rings. The van der Waals surface area contributed by atoms with Crippen molar-refractivity contribution in [3.63, 3.8) is 0 Å². The summed E-state index contributed by atoms with van der Waals surface area (Å²) >= 11 is 0. The third-order valence-corrected chi connectivity index (χ3v) is 14.8. The number of aliphatic hydroxyl groups is 1. The van der Waals surface area contributed by atoms with E-state index in [1.54, 1.807) is 0 Å². The van der Waals surface area contributed by atoms with E-state index in [2.05, 4.69) is 12.1 Å². The Kier molecular flexibility index (Phi) is 14.1. The molecule has 2 aliphatic heterocycles. The Labute approximate surface area is 404 Å². The van der Waals surface area contributed by atoms with E-state index in [0.29, 0.717) is 24.3 Å². The fourth-order valence-corrected chi connectivity index (χ4v) is 11.6. The Bertz CT molecular complexity index is 2570. The SMILES string of the molecule is O=C(c1ccccc1)N1c2ccccc2C(N(C(=O)OCCO)C2CC2)C2CCCC21.O=C(c1ccccc1)N1c2ccccc2C(N(C(=O)OCCOCc2ccccc2)C2CC2)C2CCCC21. The van der Waals surface area contributed by atoms with Gasteiger partial charge in [-0.3, -0.25) is 19.4 Å². The fourth-order valence-electron chi connectivity index (χ4n) is 11.6. The van der Waals surface area contributed by atoms with Crippen LogP contribution in [0.3, 0.4) is 0 Å². The largest absolute Gasteiger partial charge is 0.447 e. The minimum atomic E-state index is -0.357. The average molecular weight is 931 g/mol. The highest BCUT2D eigenvalue weighted by molar-refractivity contribution is 6.08. The molecule has 5 aromatic rings. The summed E-state index contributed by atoms with van der Waals surface area (Å²) in [5, 5.41) is 9.13. The summed E-state index contributed by atoms with van der Waals surface area (Å²) in [6.45, 7) is 0.886. The predicted octanol–water partition coefficient (Wildman–Crippen LogP) is 10.5. The Balaban J connectivity index is 0.000000164. The van der Waals surface area contributed by atoms with Crippen molar-refractivity contribution < 1.29 is 38.5 Å². The summed E-state index contributed by atoms with van der Waals surface area (Å²) in [5.74, 6) is 0.402. The van der Waals surface area contributed by atoms with Gasteiger partial charge in [-0.25, -0.2) is 9.59 Å². The number of anilines is 2. The van der Waals surface area contributed by atoms with Crippen LogP contribution in [0.2, 0.25) is 0 Å². The summed E-state index contributed by atoms with van der Waals surface area (Å²) in [4.78, 5) is 61.8. The van der Waals surface area contributed by atoms with Gasteiger partial charge in [0.1, 0.15) is 13.2 Å². The number of amides is 4. The number of hydrogen-bond donors (Lipinski definition) is 1. The first-order valence-electron chi connectivity index (χ1n) is 25.0. The second-order valence-corrected chi connectivity index (χ2v) is 19.2. The van der Waals surface area contributed by atoms with E-state index in [-0.39, 0.29) is 91.9 Å². The molecule has 6 unspecified atom stereocenters. The molecule has 358 valence electrons. The maximum atomic E-state index is 13.8. The second-order valence-electron chi connectivity index (χ2n) is 19.2. The van der Waals surface area contributed by atoms with E-state index < -0.39 is 0 Å². The zero-order chi connectivity index (χ0) is 47.3. The number of aliphatic hydroxyl groups excluding tert-OH is 1. The Morgan fingerprint density at radius 1 is 0.493 bits per heavy atom. The van der Waals surface area contributed by atoms with Crippen molar-refractivity contribution in [2.45, 2.75) is 107 Å². The van der Waals surface area contributed by atoms with Crippen molar-refractivity contribution in [1.29, 1.82) is 0 Å². The van der Waals surface area contributed by atoms with Crippen molar-refractivity contribution in [2.75, 3.05) is 36.2 Å². The summed E-state index contributed by atoms with van der Waals surface area (Å²) in [5.41, 5.74) is 6.35. The van der Waals surface area contributed by atoms with Crippen LogP contribution in [-0.4, -0.2) is 89.5 Å². The summed E-state index contributed by atoms with van der Waals surface area (Å²) in [7, 11) is 0. The van der Waals surface area contributed by atoms with E-state index in [1.165, 1.54) is 0 Å². The van der Waals surface area contributed by atoms with Gasteiger partial charge in [-0.05, 0) is 104 Å². The standard InChI is InChI=1S/C32H34N2O4.C25H28N2O4/c35-31(24-12-5-2-6-13-24)34-28-16-8-7-14-26(28)30(27-15-9-17-29(27)34)33(25-18-19-25)32(36)38-21-20-37-22-23-10-3-1-4-11-23;28-15-16-31-25(30)26(18-13-14-18)23-19-9-4-5-11-21(19)27(22-12-6-10-20(22)23)24(29)17-7-2-1-3-8-17/h1-8,10-14,16,25,27,29-30H,9,15,17-22H2;1-5,7-9,11,18,20,22-23,28H,6,10,12-16H2. The van der Waals surface area contributed by atoms with Crippen molar-refractivity contribution in [3.8, 4) is 0 Å². The highest BCUT2D eigenvalue weighted by atomic mass is 16.6. The lowest BCUT2D eigenvalue weighted by Crippen LogP contribution is -2.53. The molecule has 0 bridgehead atoms. The minimum absolute atomic E-state index is 0.00311. The molecule has 4 fully saturated rings. The van der Waals surface area contributed by atoms with Crippen molar-refractivity contribution in [2.24, 2.45) is 11.8 Å². The van der Waals surface area contributed by atoms with Gasteiger partial charge in [0.2, 0.25) is 0 Å². The molecule has 2 heterocycles. The van der Waals surface area contributed by atoms with E-state index in [0.717, 1.165) is 92.3 Å². The Morgan fingerprint density at radius 2 is 0.913 bits per heavy atom. The number of carbonyl (C=O) groups excluding carboxylic acids is 4. The van der Waals surface area contributed by atoms with Gasteiger partial charge in [-0.1, -0.05) is 116 Å². The van der Waals surface area contributed by atoms with Gasteiger partial charge in [0.05, 0.1) is 31.9 Å². The van der Waals surface area contributed by atoms with E-state index in [4.69, 9.17) is 19.3 Å². The average Bonchev–Trinajstić information content (AvgIpc) is 4.32. The molecule has 4 aliphatic carbocycles. The Morgan fingerprint density at radius 3 is 1.36 bits per heavy atom. The van der Waals surface area contributed by atoms with Gasteiger partial charge in [0.25, 0.3) is 11.8 Å². The molecule has 69 heavy (non-hydrogen) atoms. The smallest absolute Gasteiger partial charge is 0.410 e. The van der Waals surface area contributed by atoms with Gasteiger partial charge in [0, 0.05) is 58.5 Å². The lowest BCUT2D eigenvalue weighted by Gasteiger charge is -2.47. The molecule has 11 rings (SSSR count). The van der Waals surface area contributed by atoms with E-state index in [9.17, 15) is 19.2 Å². The number of fused-ring (bicyclic) bond motifs is 4. The van der Waals surface area contributed by atoms with Crippen LogP contribution in [-0.2, 0) is 20.8 Å². The number of hydrogen-bond acceptors (Lipinski definition) is 8. The molecule has 0 aromatic heterocycles. The summed E-state index contributed by atoms with van der Waals surface area (Å²) < 4.78 is 16.9. The van der Waals surface area contributed by atoms with Crippen LogP contribution in [0, 0.1) is 11.8 Å². The minimum Gasteiger partial charge on any atom is -0.447 e. The summed E-state index contributed by atoms with van der Waals surface area (Å²) in [6.07, 6.45) is 9.18. The molecular formula is C57H62N4O8. The normalized spacial score (nSPS) is 23.0. The quantitative estimate of drug-likeness (QED) is 0.116. The second kappa shape index (κ2) is 21.0. The third-order valence-electron chi connectivity index (χ3n) is 14.8. The van der Waals surface area contributed by atoms with E-state index in [1.807, 2.05) is 147 Å². The summed E-state index contributed by atoms with van der Waals surface area (Å²) in [6, 6.07) is 45.3. The first kappa shape index (κ1) is 46.2. The molecule has 0 spiro atoms. The molecule has 12 nitrogen and oxygen atoms in total. The number of para-hydroxylation sites is 2. The molecular weight excluding hydrogens is 869 g/mol. The third kappa shape index (κ3) is 9.74. The first-order chi connectivity index (χ1) is 33.9. The zero-order valence-corrected chi connectivity index (χ0v) is 39.1. The Hall–Kier alpha value is -6.50. The maximum Gasteiger partial charge on any atom is 0.410 e. The van der Waals surface area contributed by atoms with Gasteiger partial charge < -0.3 is 29.1 Å². The van der Waals surface area contributed by atoms with Crippen molar-refractivity contribution in [3.05, 3.63) is 167 Å². The van der Waals surface area contributed by atoms with Gasteiger partial charge in [0.15, 0.2) is 0 Å². The monoisotopic (exact) mass is 930 g/mol. The van der Waals surface area contributed by atoms with Crippen LogP contribution < -0.4 is 9.80 Å².